The molecule has 1 N–H and O–H groups in total. The first kappa shape index (κ1) is 14.2. The molecule has 0 saturated carbocycles. The van der Waals surface area contributed by atoms with E-state index >= 15 is 0 Å². The Labute approximate surface area is 140 Å². The normalized spacial score (nSPS) is 11.2. The third-order valence-corrected chi connectivity index (χ3v) is 4.49. The second kappa shape index (κ2) is 5.33. The lowest BCUT2D eigenvalue weighted by molar-refractivity contribution is 0.919. The van der Waals surface area contributed by atoms with E-state index < -0.39 is 0 Å². The van der Waals surface area contributed by atoms with E-state index in [0.717, 1.165) is 11.3 Å². The van der Waals surface area contributed by atoms with Gasteiger partial charge in [0.1, 0.15) is 0 Å². The van der Waals surface area contributed by atoms with Gasteiger partial charge in [-0.3, -0.25) is 4.79 Å². The van der Waals surface area contributed by atoms with Gasteiger partial charge in [0.15, 0.2) is 0 Å². The van der Waals surface area contributed by atoms with Gasteiger partial charge in [-0.2, -0.15) is 4.52 Å². The van der Waals surface area contributed by atoms with Gasteiger partial charge in [0.2, 0.25) is 10.1 Å². The second-order valence-corrected chi connectivity index (χ2v) is 6.57. The molecule has 0 unspecified atom stereocenters. The van der Waals surface area contributed by atoms with E-state index in [0.29, 0.717) is 26.0 Å². The van der Waals surface area contributed by atoms with Gasteiger partial charge in [-0.15, -0.1) is 5.10 Å². The Morgan fingerprint density at radius 3 is 2.91 bits per heavy atom. The topological polar surface area (TPSA) is 59.3 Å². The number of fused-ring (bicyclic) bond motifs is 2. The lowest BCUT2D eigenvalue weighted by Crippen LogP contribution is -2.15. The fourth-order valence-corrected chi connectivity index (χ4v) is 3.37. The largest absolute Gasteiger partial charge is 0.330 e. The van der Waals surface area contributed by atoms with Crippen molar-refractivity contribution >= 4 is 49.6 Å². The van der Waals surface area contributed by atoms with Crippen LogP contribution in [0.25, 0.3) is 15.9 Å². The van der Waals surface area contributed by atoms with Crippen LogP contribution in [0.5, 0.6) is 0 Å². The summed E-state index contributed by atoms with van der Waals surface area (Å²) in [7, 11) is 0. The summed E-state index contributed by atoms with van der Waals surface area (Å²) in [6, 6.07) is 13.0. The lowest BCUT2D eigenvalue weighted by Gasteiger charge is -2.01. The molecular formula is C16H11ClN4OS. The first-order chi connectivity index (χ1) is 11.1. The van der Waals surface area contributed by atoms with Crippen molar-refractivity contribution in [1.82, 2.24) is 14.6 Å². The number of benzene rings is 2. The van der Waals surface area contributed by atoms with Crippen LogP contribution in [0.15, 0.2) is 47.3 Å². The molecule has 0 aliphatic heterocycles. The Kier molecular flexibility index (Phi) is 3.28. The number of hydrogen-bond donors (Lipinski definition) is 1. The number of nitrogens with one attached hydrogen (secondary N) is 1. The molecule has 0 aliphatic rings. The zero-order chi connectivity index (χ0) is 16.0. The van der Waals surface area contributed by atoms with Crippen LogP contribution in [-0.4, -0.2) is 14.6 Å². The number of nitrogens with zero attached hydrogens (tertiary/aromatic N) is 3. The fraction of sp³-hybridized carbons (Fsp3) is 0.0625. The van der Waals surface area contributed by atoms with Gasteiger partial charge < -0.3 is 5.32 Å². The Hall–Kier alpha value is -2.44. The molecule has 5 nitrogen and oxygen atoms in total. The quantitative estimate of drug-likeness (QED) is 0.598. The monoisotopic (exact) mass is 342 g/mol. The summed E-state index contributed by atoms with van der Waals surface area (Å²) in [5, 5.41) is 9.11. The Morgan fingerprint density at radius 2 is 2.09 bits per heavy atom. The molecule has 4 rings (SSSR count). The van der Waals surface area contributed by atoms with Crippen LogP contribution in [0.1, 0.15) is 5.56 Å². The van der Waals surface area contributed by atoms with Crippen LogP contribution in [-0.2, 0) is 0 Å². The summed E-state index contributed by atoms with van der Waals surface area (Å²) >= 11 is 7.29. The van der Waals surface area contributed by atoms with Crippen molar-refractivity contribution in [3.8, 4) is 0 Å². The minimum atomic E-state index is -0.221. The molecule has 7 heteroatoms. The number of halogens is 1. The van der Waals surface area contributed by atoms with Gasteiger partial charge >= 0.3 is 0 Å². The lowest BCUT2D eigenvalue weighted by atomic mass is 10.2. The standard InChI is InChI=1S/C16H11ClN4OS/c1-9-3-2-4-11(7-9)18-15-20-21-14(22)12-8-10(17)5-6-13(12)19-16(21)23-15/h2-8H,1H3,(H,18,20). The Morgan fingerprint density at radius 1 is 1.22 bits per heavy atom. The molecule has 0 saturated heterocycles. The maximum atomic E-state index is 12.5. The molecule has 0 amide bonds. The van der Waals surface area contributed by atoms with Crippen molar-refractivity contribution in [3.05, 3.63) is 63.4 Å². The Bertz CT molecular complexity index is 1100. The zero-order valence-corrected chi connectivity index (χ0v) is 13.6. The highest BCUT2D eigenvalue weighted by Crippen LogP contribution is 2.24. The first-order valence-corrected chi connectivity index (χ1v) is 8.12. The van der Waals surface area contributed by atoms with Crippen LogP contribution in [0.4, 0.5) is 10.8 Å². The van der Waals surface area contributed by atoms with E-state index in [1.807, 2.05) is 31.2 Å². The minimum absolute atomic E-state index is 0.221. The van der Waals surface area contributed by atoms with Gasteiger partial charge in [-0.25, -0.2) is 4.98 Å². The molecule has 0 aliphatic carbocycles. The number of anilines is 2. The van der Waals surface area contributed by atoms with Crippen LogP contribution >= 0.6 is 22.9 Å². The zero-order valence-electron chi connectivity index (χ0n) is 12.1. The predicted molar refractivity (Wildman–Crippen MR) is 94.1 cm³/mol. The SMILES string of the molecule is Cc1cccc(Nc2nn3c(=O)c4cc(Cl)ccc4nc3s2)c1. The third-order valence-electron chi connectivity index (χ3n) is 3.43. The molecule has 2 aromatic carbocycles. The van der Waals surface area contributed by atoms with E-state index in [2.05, 4.69) is 15.4 Å². The molecule has 2 aromatic heterocycles. The number of aromatic nitrogens is 3. The molecule has 4 aromatic rings. The van der Waals surface area contributed by atoms with Crippen molar-refractivity contribution in [3.63, 3.8) is 0 Å². The fourth-order valence-electron chi connectivity index (χ4n) is 2.38. The summed E-state index contributed by atoms with van der Waals surface area (Å²) in [4.78, 5) is 17.6. The molecule has 0 radical (unpaired) electrons. The third kappa shape index (κ3) is 2.56. The van der Waals surface area contributed by atoms with Crippen molar-refractivity contribution in [2.24, 2.45) is 0 Å². The highest BCUT2D eigenvalue weighted by Gasteiger charge is 2.11. The van der Waals surface area contributed by atoms with Gasteiger partial charge in [-0.05, 0) is 42.8 Å². The van der Waals surface area contributed by atoms with Crippen LogP contribution in [0.2, 0.25) is 5.02 Å². The maximum Gasteiger partial charge on any atom is 0.283 e. The molecular weight excluding hydrogens is 332 g/mol. The smallest absolute Gasteiger partial charge is 0.283 e. The van der Waals surface area contributed by atoms with E-state index in [4.69, 9.17) is 11.6 Å². The molecule has 2 heterocycles. The number of aryl methyl sites for hydroxylation is 1. The summed E-state index contributed by atoms with van der Waals surface area (Å²) in [6.07, 6.45) is 0. The summed E-state index contributed by atoms with van der Waals surface area (Å²) in [5.41, 5.74) is 2.46. The maximum absolute atomic E-state index is 12.5. The predicted octanol–water partition coefficient (Wildman–Crippen LogP) is 4.01. The average molecular weight is 343 g/mol. The van der Waals surface area contributed by atoms with E-state index in [1.165, 1.54) is 15.9 Å². The molecule has 114 valence electrons. The number of hydrogen-bond acceptors (Lipinski definition) is 5. The van der Waals surface area contributed by atoms with Crippen LogP contribution in [0.3, 0.4) is 0 Å². The summed E-state index contributed by atoms with van der Waals surface area (Å²) < 4.78 is 1.31. The van der Waals surface area contributed by atoms with Crippen molar-refractivity contribution in [2.75, 3.05) is 5.32 Å². The first-order valence-electron chi connectivity index (χ1n) is 6.93. The summed E-state index contributed by atoms with van der Waals surface area (Å²) in [5.74, 6) is 0. The highest BCUT2D eigenvalue weighted by molar-refractivity contribution is 7.20. The highest BCUT2D eigenvalue weighted by atomic mass is 35.5. The van der Waals surface area contributed by atoms with E-state index in [9.17, 15) is 4.79 Å². The minimum Gasteiger partial charge on any atom is -0.330 e. The average Bonchev–Trinajstić information content (AvgIpc) is 2.91. The Balaban J connectivity index is 1.86. The second-order valence-electron chi connectivity index (χ2n) is 5.17. The van der Waals surface area contributed by atoms with Crippen LogP contribution < -0.4 is 10.9 Å². The van der Waals surface area contributed by atoms with Crippen molar-refractivity contribution in [2.45, 2.75) is 6.92 Å². The van der Waals surface area contributed by atoms with E-state index in [1.54, 1.807) is 18.2 Å². The molecule has 0 bridgehead atoms. The van der Waals surface area contributed by atoms with Crippen molar-refractivity contribution < 1.29 is 0 Å². The van der Waals surface area contributed by atoms with Gasteiger partial charge in [-0.1, -0.05) is 35.1 Å². The van der Waals surface area contributed by atoms with Gasteiger partial charge in [0, 0.05) is 10.7 Å². The molecule has 0 atom stereocenters. The van der Waals surface area contributed by atoms with Gasteiger partial charge in [0.05, 0.1) is 10.9 Å². The summed E-state index contributed by atoms with van der Waals surface area (Å²) in [6.45, 7) is 2.02. The van der Waals surface area contributed by atoms with Crippen molar-refractivity contribution in [1.29, 1.82) is 0 Å². The van der Waals surface area contributed by atoms with E-state index in [-0.39, 0.29) is 5.56 Å². The molecule has 0 spiro atoms. The molecule has 0 fully saturated rings. The molecule has 23 heavy (non-hydrogen) atoms. The van der Waals surface area contributed by atoms with Crippen LogP contribution in [0, 0.1) is 6.92 Å². The number of rotatable bonds is 2. The van der Waals surface area contributed by atoms with Gasteiger partial charge in [0.25, 0.3) is 5.56 Å².